The zero-order chi connectivity index (χ0) is 21.6. The van der Waals surface area contributed by atoms with Gasteiger partial charge < -0.3 is 13.7 Å². The van der Waals surface area contributed by atoms with Crippen LogP contribution in [-0.4, -0.2) is 22.1 Å². The highest BCUT2D eigenvalue weighted by molar-refractivity contribution is 5.99. The van der Waals surface area contributed by atoms with Gasteiger partial charge in [0.15, 0.2) is 12.4 Å². The minimum Gasteiger partial charge on any atom is -0.485 e. The molecule has 0 unspecified atom stereocenters. The summed E-state index contributed by atoms with van der Waals surface area (Å²) in [5, 5.41) is 4.88. The van der Waals surface area contributed by atoms with Crippen molar-refractivity contribution in [2.45, 2.75) is 34.6 Å². The molecule has 0 bridgehead atoms. The summed E-state index contributed by atoms with van der Waals surface area (Å²) in [5.41, 5.74) is 3.80. The highest BCUT2D eigenvalue weighted by Crippen LogP contribution is 2.28. The van der Waals surface area contributed by atoms with Crippen LogP contribution in [0.2, 0.25) is 0 Å². The summed E-state index contributed by atoms with van der Waals surface area (Å²) in [6.07, 6.45) is 0. The number of ketones is 1. The lowest BCUT2D eigenvalue weighted by molar-refractivity contribution is 0.0920. The number of hydrogen-bond donors (Lipinski definition) is 0. The zero-order valence-electron chi connectivity index (χ0n) is 17.5. The summed E-state index contributed by atoms with van der Waals surface area (Å²) in [6.45, 7) is 9.12. The number of rotatable bonds is 5. The third-order valence-electron chi connectivity index (χ3n) is 5.25. The predicted octanol–water partition coefficient (Wildman–Crippen LogP) is 4.38. The van der Waals surface area contributed by atoms with Gasteiger partial charge in [-0.2, -0.15) is 0 Å². The van der Waals surface area contributed by atoms with Crippen LogP contribution in [0.4, 0.5) is 0 Å². The fourth-order valence-corrected chi connectivity index (χ4v) is 3.73. The highest BCUT2D eigenvalue weighted by atomic mass is 16.5. The Morgan fingerprint density at radius 1 is 1.10 bits per heavy atom. The largest absolute Gasteiger partial charge is 0.485 e. The second kappa shape index (κ2) is 7.33. The Labute approximate surface area is 172 Å². The van der Waals surface area contributed by atoms with Gasteiger partial charge in [0.1, 0.15) is 17.1 Å². The van der Waals surface area contributed by atoms with E-state index in [-0.39, 0.29) is 12.4 Å². The van der Waals surface area contributed by atoms with Crippen molar-refractivity contribution in [3.8, 4) is 11.6 Å². The van der Waals surface area contributed by atoms with Gasteiger partial charge in [-0.05, 0) is 58.4 Å². The maximum atomic E-state index is 12.9. The normalized spacial score (nSPS) is 11.2. The number of carbonyl (C=O) groups is 1. The molecule has 30 heavy (non-hydrogen) atoms. The Kier molecular flexibility index (Phi) is 4.81. The van der Waals surface area contributed by atoms with E-state index in [0.29, 0.717) is 34.0 Å². The van der Waals surface area contributed by atoms with Gasteiger partial charge in [-0.15, -0.1) is 0 Å². The molecule has 0 fully saturated rings. The average molecular weight is 406 g/mol. The average Bonchev–Trinajstić information content (AvgIpc) is 3.23. The summed E-state index contributed by atoms with van der Waals surface area (Å²) in [6, 6.07) is 8.72. The van der Waals surface area contributed by atoms with Gasteiger partial charge in [0.2, 0.25) is 5.78 Å². The maximum absolute atomic E-state index is 12.9. The standard InChI is InChI=1S/C23H22N2O5/c1-12-8-22(27)29-23-15(4)20(7-6-17(12)23)28-11-19(26)18-9-13(2)25(16(18)5)21-10-14(3)30-24-21/h6-10H,11H2,1-5H3. The second-order valence-corrected chi connectivity index (χ2v) is 7.44. The molecular formula is C23H22N2O5. The Morgan fingerprint density at radius 3 is 2.57 bits per heavy atom. The molecule has 1 aromatic carbocycles. The SMILES string of the molecule is Cc1cc(-n2c(C)cc(C(=O)COc3ccc4c(C)cc(=O)oc4c3C)c2C)no1. The van der Waals surface area contributed by atoms with Crippen molar-refractivity contribution in [2.24, 2.45) is 0 Å². The Hall–Kier alpha value is -3.61. The molecule has 0 amide bonds. The molecule has 0 spiro atoms. The smallest absolute Gasteiger partial charge is 0.336 e. The van der Waals surface area contributed by atoms with E-state index in [2.05, 4.69) is 5.16 Å². The van der Waals surface area contributed by atoms with Crippen molar-refractivity contribution in [1.82, 2.24) is 9.72 Å². The second-order valence-electron chi connectivity index (χ2n) is 7.44. The van der Waals surface area contributed by atoms with Crippen LogP contribution in [0.15, 0.2) is 44.1 Å². The van der Waals surface area contributed by atoms with E-state index in [1.807, 2.05) is 57.4 Å². The molecule has 0 saturated heterocycles. The van der Waals surface area contributed by atoms with Crippen LogP contribution in [0.5, 0.6) is 5.75 Å². The Bertz CT molecular complexity index is 1340. The van der Waals surface area contributed by atoms with E-state index in [9.17, 15) is 9.59 Å². The molecule has 0 aliphatic carbocycles. The molecule has 0 aliphatic heterocycles. The number of hydrogen-bond acceptors (Lipinski definition) is 6. The van der Waals surface area contributed by atoms with Crippen molar-refractivity contribution in [2.75, 3.05) is 6.61 Å². The quantitative estimate of drug-likeness (QED) is 0.361. The molecule has 7 nitrogen and oxygen atoms in total. The van der Waals surface area contributed by atoms with Crippen LogP contribution in [0.1, 0.15) is 38.6 Å². The molecule has 3 heterocycles. The summed E-state index contributed by atoms with van der Waals surface area (Å²) < 4.78 is 18.2. The zero-order valence-corrected chi connectivity index (χ0v) is 17.5. The minimum atomic E-state index is -0.410. The van der Waals surface area contributed by atoms with E-state index in [1.165, 1.54) is 6.07 Å². The summed E-state index contributed by atoms with van der Waals surface area (Å²) in [4.78, 5) is 24.6. The number of aryl methyl sites for hydroxylation is 4. The molecule has 3 aromatic heterocycles. The first-order valence-electron chi connectivity index (χ1n) is 9.59. The lowest BCUT2D eigenvalue weighted by Gasteiger charge is -2.11. The van der Waals surface area contributed by atoms with Crippen LogP contribution < -0.4 is 10.4 Å². The van der Waals surface area contributed by atoms with Gasteiger partial charge in [-0.1, -0.05) is 5.16 Å². The predicted molar refractivity (Wildman–Crippen MR) is 112 cm³/mol. The van der Waals surface area contributed by atoms with Crippen LogP contribution in [0.3, 0.4) is 0 Å². The van der Waals surface area contributed by atoms with Gasteiger partial charge >= 0.3 is 5.63 Å². The van der Waals surface area contributed by atoms with Gasteiger partial charge in [0.25, 0.3) is 0 Å². The van der Waals surface area contributed by atoms with Crippen molar-refractivity contribution in [1.29, 1.82) is 0 Å². The van der Waals surface area contributed by atoms with Crippen molar-refractivity contribution in [3.63, 3.8) is 0 Å². The third-order valence-corrected chi connectivity index (χ3v) is 5.25. The Morgan fingerprint density at radius 2 is 1.87 bits per heavy atom. The van der Waals surface area contributed by atoms with Crippen molar-refractivity contribution < 1.29 is 18.5 Å². The van der Waals surface area contributed by atoms with Gasteiger partial charge in [0.05, 0.1) is 0 Å². The molecular weight excluding hydrogens is 384 g/mol. The van der Waals surface area contributed by atoms with Crippen LogP contribution in [-0.2, 0) is 0 Å². The third kappa shape index (κ3) is 3.32. The molecule has 154 valence electrons. The fraction of sp³-hybridized carbons (Fsp3) is 0.261. The molecule has 0 radical (unpaired) electrons. The number of ether oxygens (including phenoxy) is 1. The summed E-state index contributed by atoms with van der Waals surface area (Å²) in [5.74, 6) is 1.69. The first-order chi connectivity index (χ1) is 14.3. The highest BCUT2D eigenvalue weighted by Gasteiger charge is 2.19. The van der Waals surface area contributed by atoms with Gasteiger partial charge in [-0.3, -0.25) is 9.36 Å². The van der Waals surface area contributed by atoms with Crippen LogP contribution in [0.25, 0.3) is 16.8 Å². The van der Waals surface area contributed by atoms with Gasteiger partial charge in [0, 0.05) is 40.0 Å². The number of carbonyl (C=O) groups excluding carboxylic acids is 1. The monoisotopic (exact) mass is 406 g/mol. The molecule has 0 N–H and O–H groups in total. The molecule has 4 aromatic rings. The number of nitrogens with zero attached hydrogens (tertiary/aromatic N) is 2. The number of fused-ring (bicyclic) bond motifs is 1. The molecule has 0 aliphatic rings. The number of Topliss-reactive ketones (excluding diaryl/α,β-unsaturated/α-hetero) is 1. The van der Waals surface area contributed by atoms with E-state index in [4.69, 9.17) is 13.7 Å². The van der Waals surface area contributed by atoms with Crippen molar-refractivity contribution in [3.05, 3.63) is 74.6 Å². The van der Waals surface area contributed by atoms with Crippen LogP contribution >= 0.6 is 0 Å². The van der Waals surface area contributed by atoms with Gasteiger partial charge in [-0.25, -0.2) is 4.79 Å². The molecule has 0 atom stereocenters. The molecule has 7 heteroatoms. The Balaban J connectivity index is 1.60. The van der Waals surface area contributed by atoms with E-state index in [1.54, 1.807) is 6.07 Å². The lowest BCUT2D eigenvalue weighted by atomic mass is 10.1. The summed E-state index contributed by atoms with van der Waals surface area (Å²) in [7, 11) is 0. The van der Waals surface area contributed by atoms with E-state index < -0.39 is 5.63 Å². The lowest BCUT2D eigenvalue weighted by Crippen LogP contribution is -2.13. The van der Waals surface area contributed by atoms with E-state index >= 15 is 0 Å². The first-order valence-corrected chi connectivity index (χ1v) is 9.59. The summed E-state index contributed by atoms with van der Waals surface area (Å²) >= 11 is 0. The topological polar surface area (TPSA) is 87.5 Å². The fourth-order valence-electron chi connectivity index (χ4n) is 3.73. The van der Waals surface area contributed by atoms with Crippen molar-refractivity contribution >= 4 is 16.8 Å². The molecule has 4 rings (SSSR count). The first kappa shape index (κ1) is 19.7. The maximum Gasteiger partial charge on any atom is 0.336 e. The number of aromatic nitrogens is 2. The number of benzene rings is 1. The van der Waals surface area contributed by atoms with E-state index in [0.717, 1.165) is 22.3 Å². The minimum absolute atomic E-state index is 0.134. The van der Waals surface area contributed by atoms with Crippen LogP contribution in [0, 0.1) is 34.6 Å². The molecule has 0 saturated carbocycles.